The maximum Gasteiger partial charge on any atom is 0.225 e. The lowest BCUT2D eigenvalue weighted by Gasteiger charge is -2.37. The Hall–Kier alpha value is -2.51. The van der Waals surface area contributed by atoms with E-state index in [9.17, 15) is 4.79 Å². The molecule has 2 fully saturated rings. The number of hydrogen-bond acceptors (Lipinski definition) is 6. The van der Waals surface area contributed by atoms with Gasteiger partial charge < -0.3 is 9.80 Å². The summed E-state index contributed by atoms with van der Waals surface area (Å²) in [4.78, 5) is 29.7. The second-order valence-electron chi connectivity index (χ2n) is 7.37. The van der Waals surface area contributed by atoms with Crippen molar-refractivity contribution in [1.82, 2.24) is 29.6 Å². The summed E-state index contributed by atoms with van der Waals surface area (Å²) in [5.74, 6) is 2.70. The topological polar surface area (TPSA) is 80.0 Å². The molecule has 2 aromatic rings. The summed E-state index contributed by atoms with van der Waals surface area (Å²) in [7, 11) is 0. The van der Waals surface area contributed by atoms with Crippen LogP contribution in [0.25, 0.3) is 5.82 Å². The number of hydrogen-bond donors (Lipinski definition) is 0. The van der Waals surface area contributed by atoms with Gasteiger partial charge in [-0.3, -0.25) is 4.79 Å². The molecular formula is C18H25N7O. The summed E-state index contributed by atoms with van der Waals surface area (Å²) in [6, 6.07) is 1.92. The molecule has 2 aromatic heterocycles. The molecular weight excluding hydrogens is 330 g/mol. The minimum absolute atomic E-state index is 0.146. The van der Waals surface area contributed by atoms with Crippen molar-refractivity contribution < 1.29 is 4.79 Å². The van der Waals surface area contributed by atoms with Crippen molar-refractivity contribution in [3.8, 4) is 5.82 Å². The summed E-state index contributed by atoms with van der Waals surface area (Å²) < 4.78 is 1.62. The normalized spacial score (nSPS) is 21.8. The molecule has 0 aromatic carbocycles. The van der Waals surface area contributed by atoms with Crippen LogP contribution in [0.3, 0.4) is 0 Å². The molecule has 8 nitrogen and oxygen atoms in total. The number of rotatable bonds is 3. The third kappa shape index (κ3) is 3.54. The second-order valence-corrected chi connectivity index (χ2v) is 7.37. The lowest BCUT2D eigenvalue weighted by atomic mass is 9.93. The minimum Gasteiger partial charge on any atom is -0.356 e. The van der Waals surface area contributed by atoms with E-state index in [0.717, 1.165) is 51.3 Å². The highest BCUT2D eigenvalue weighted by Gasteiger charge is 2.30. The van der Waals surface area contributed by atoms with E-state index in [1.165, 1.54) is 12.7 Å². The van der Waals surface area contributed by atoms with Crippen molar-refractivity contribution in [2.75, 3.05) is 31.1 Å². The number of aromatic nitrogens is 5. The molecule has 26 heavy (non-hydrogen) atoms. The molecule has 4 rings (SSSR count). The average Bonchev–Trinajstić information content (AvgIpc) is 3.23. The zero-order chi connectivity index (χ0) is 17.9. The van der Waals surface area contributed by atoms with Gasteiger partial charge in [-0.2, -0.15) is 5.10 Å². The lowest BCUT2D eigenvalue weighted by molar-refractivity contribution is -0.137. The molecule has 0 saturated carbocycles. The molecule has 138 valence electrons. The predicted octanol–water partition coefficient (Wildman–Crippen LogP) is 1.53. The Balaban J connectivity index is 1.38. The molecule has 1 amide bonds. The van der Waals surface area contributed by atoms with Crippen molar-refractivity contribution in [2.24, 2.45) is 11.8 Å². The molecule has 1 atom stereocenters. The number of carbonyl (C=O) groups excluding carboxylic acids is 1. The molecule has 1 unspecified atom stereocenters. The smallest absolute Gasteiger partial charge is 0.225 e. The van der Waals surface area contributed by atoms with Crippen LogP contribution in [-0.2, 0) is 4.79 Å². The number of likely N-dealkylation sites (tertiary alicyclic amines) is 1. The summed E-state index contributed by atoms with van der Waals surface area (Å²) in [6.07, 6.45) is 8.80. The number of anilines is 1. The molecule has 4 heterocycles. The van der Waals surface area contributed by atoms with Crippen LogP contribution >= 0.6 is 0 Å². The van der Waals surface area contributed by atoms with E-state index in [1.807, 2.05) is 6.07 Å². The van der Waals surface area contributed by atoms with E-state index < -0.39 is 0 Å². The Morgan fingerprint density at radius 1 is 1.08 bits per heavy atom. The van der Waals surface area contributed by atoms with Gasteiger partial charge in [-0.05, 0) is 31.6 Å². The van der Waals surface area contributed by atoms with Crippen molar-refractivity contribution in [1.29, 1.82) is 0 Å². The Morgan fingerprint density at radius 2 is 1.88 bits per heavy atom. The third-order valence-electron chi connectivity index (χ3n) is 5.43. The summed E-state index contributed by atoms with van der Waals surface area (Å²) in [5, 5.41) is 4.11. The van der Waals surface area contributed by atoms with Gasteiger partial charge in [-0.15, -0.1) is 0 Å². The number of piperidine rings is 2. The maximum absolute atomic E-state index is 12.8. The Bertz CT molecular complexity index is 740. The van der Waals surface area contributed by atoms with Crippen molar-refractivity contribution in [2.45, 2.75) is 32.6 Å². The molecule has 2 aliphatic rings. The molecule has 8 heteroatoms. The number of carbonyl (C=O) groups is 1. The fourth-order valence-corrected chi connectivity index (χ4v) is 3.97. The molecule has 0 N–H and O–H groups in total. The Labute approximate surface area is 153 Å². The molecule has 2 saturated heterocycles. The third-order valence-corrected chi connectivity index (χ3v) is 5.43. The van der Waals surface area contributed by atoms with Gasteiger partial charge in [-0.1, -0.05) is 6.92 Å². The first-order valence-corrected chi connectivity index (χ1v) is 9.41. The molecule has 0 aliphatic carbocycles. The van der Waals surface area contributed by atoms with E-state index in [-0.39, 0.29) is 5.92 Å². The number of nitrogens with zero attached hydrogens (tertiary/aromatic N) is 7. The minimum atomic E-state index is 0.146. The van der Waals surface area contributed by atoms with Crippen molar-refractivity contribution >= 4 is 11.7 Å². The fraction of sp³-hybridized carbons (Fsp3) is 0.611. The van der Waals surface area contributed by atoms with E-state index in [0.29, 0.717) is 17.6 Å². The quantitative estimate of drug-likeness (QED) is 0.831. The summed E-state index contributed by atoms with van der Waals surface area (Å²) in [6.45, 7) is 5.77. The van der Waals surface area contributed by atoms with Crippen LogP contribution in [0, 0.1) is 11.8 Å². The van der Waals surface area contributed by atoms with Gasteiger partial charge >= 0.3 is 0 Å². The predicted molar refractivity (Wildman–Crippen MR) is 96.9 cm³/mol. The van der Waals surface area contributed by atoms with E-state index >= 15 is 0 Å². The number of amides is 1. The Kier molecular flexibility index (Phi) is 4.81. The standard InChI is InChI=1S/C18H25N7O/c1-14-3-2-6-24(10-14)18(26)15-4-7-23(8-5-15)16-9-17(21-12-20-16)25-13-19-11-22-25/h9,11-15H,2-8,10H2,1H3. The summed E-state index contributed by atoms with van der Waals surface area (Å²) in [5.41, 5.74) is 0. The van der Waals surface area contributed by atoms with Crippen LogP contribution in [0.4, 0.5) is 5.82 Å². The molecule has 0 bridgehead atoms. The van der Waals surface area contributed by atoms with Crippen LogP contribution in [0.1, 0.15) is 32.6 Å². The Morgan fingerprint density at radius 3 is 2.62 bits per heavy atom. The fourth-order valence-electron chi connectivity index (χ4n) is 3.97. The first kappa shape index (κ1) is 16.9. The highest BCUT2D eigenvalue weighted by molar-refractivity contribution is 5.79. The zero-order valence-corrected chi connectivity index (χ0v) is 15.2. The van der Waals surface area contributed by atoms with Crippen molar-refractivity contribution in [3.63, 3.8) is 0 Å². The van der Waals surface area contributed by atoms with Gasteiger partial charge in [0.05, 0.1) is 0 Å². The van der Waals surface area contributed by atoms with Gasteiger partial charge in [-0.25, -0.2) is 19.6 Å². The van der Waals surface area contributed by atoms with Crippen LogP contribution in [-0.4, -0.2) is 61.7 Å². The maximum atomic E-state index is 12.8. The highest BCUT2D eigenvalue weighted by Crippen LogP contribution is 2.26. The second kappa shape index (κ2) is 7.39. The summed E-state index contributed by atoms with van der Waals surface area (Å²) >= 11 is 0. The molecule has 0 spiro atoms. The van der Waals surface area contributed by atoms with Gasteiger partial charge in [0.2, 0.25) is 5.91 Å². The largest absolute Gasteiger partial charge is 0.356 e. The average molecular weight is 355 g/mol. The van der Waals surface area contributed by atoms with E-state index in [4.69, 9.17) is 0 Å². The van der Waals surface area contributed by atoms with Gasteiger partial charge in [0.1, 0.15) is 24.8 Å². The molecule has 0 radical (unpaired) electrons. The lowest BCUT2D eigenvalue weighted by Crippen LogP contribution is -2.46. The molecule has 2 aliphatic heterocycles. The van der Waals surface area contributed by atoms with Crippen LogP contribution in [0.15, 0.2) is 25.0 Å². The van der Waals surface area contributed by atoms with Crippen LogP contribution < -0.4 is 4.90 Å². The first-order chi connectivity index (χ1) is 12.7. The SMILES string of the molecule is CC1CCCN(C(=O)C2CCN(c3cc(-n4cncn4)ncn3)CC2)C1. The van der Waals surface area contributed by atoms with E-state index in [1.54, 1.807) is 17.3 Å². The van der Waals surface area contributed by atoms with E-state index in [2.05, 4.69) is 36.8 Å². The van der Waals surface area contributed by atoms with Gasteiger partial charge in [0.15, 0.2) is 5.82 Å². The van der Waals surface area contributed by atoms with Gasteiger partial charge in [0, 0.05) is 38.2 Å². The highest BCUT2D eigenvalue weighted by atomic mass is 16.2. The van der Waals surface area contributed by atoms with Crippen molar-refractivity contribution in [3.05, 3.63) is 25.0 Å². The zero-order valence-electron chi connectivity index (χ0n) is 15.2. The monoisotopic (exact) mass is 355 g/mol. The van der Waals surface area contributed by atoms with Crippen LogP contribution in [0.2, 0.25) is 0 Å². The first-order valence-electron chi connectivity index (χ1n) is 9.41. The van der Waals surface area contributed by atoms with Gasteiger partial charge in [0.25, 0.3) is 0 Å². The van der Waals surface area contributed by atoms with Crippen LogP contribution in [0.5, 0.6) is 0 Å².